The lowest BCUT2D eigenvalue weighted by Gasteiger charge is -2.24. The van der Waals surface area contributed by atoms with E-state index in [2.05, 4.69) is 45.8 Å². The Morgan fingerprint density at radius 3 is 2.56 bits per heavy atom. The van der Waals surface area contributed by atoms with Crippen molar-refractivity contribution >= 4 is 5.91 Å². The zero-order valence-electron chi connectivity index (χ0n) is 12.0. The molecule has 1 aliphatic rings. The van der Waals surface area contributed by atoms with Gasteiger partial charge in [-0.2, -0.15) is 5.10 Å². The Morgan fingerprint density at radius 2 is 2.00 bits per heavy atom. The van der Waals surface area contributed by atoms with Crippen molar-refractivity contribution < 1.29 is 4.79 Å². The summed E-state index contributed by atoms with van der Waals surface area (Å²) >= 11 is 0. The average molecular weight is 249 g/mol. The van der Waals surface area contributed by atoms with Crippen LogP contribution in [-0.4, -0.2) is 33.2 Å². The Labute approximate surface area is 109 Å². The molecule has 0 spiro atoms. The maximum absolute atomic E-state index is 12.1. The zero-order chi connectivity index (χ0) is 13.5. The van der Waals surface area contributed by atoms with Gasteiger partial charge in [0, 0.05) is 30.1 Å². The fourth-order valence-electron chi connectivity index (χ4n) is 2.28. The number of amides is 1. The maximum Gasteiger partial charge on any atom is 0.244 e. The van der Waals surface area contributed by atoms with Gasteiger partial charge in [-0.25, -0.2) is 0 Å². The summed E-state index contributed by atoms with van der Waals surface area (Å²) in [6, 6.07) is 2.42. The van der Waals surface area contributed by atoms with Gasteiger partial charge in [-0.3, -0.25) is 9.48 Å². The predicted octanol–water partition coefficient (Wildman–Crippen LogP) is 1.97. The first-order chi connectivity index (χ1) is 8.29. The normalized spacial score (nSPS) is 17.0. The molecule has 0 atom stereocenters. The van der Waals surface area contributed by atoms with Crippen molar-refractivity contribution in [2.45, 2.75) is 59.0 Å². The van der Waals surface area contributed by atoms with Gasteiger partial charge in [0.1, 0.15) is 6.54 Å². The molecule has 0 aromatic carbocycles. The molecule has 100 valence electrons. The highest BCUT2D eigenvalue weighted by atomic mass is 16.2. The van der Waals surface area contributed by atoms with Crippen LogP contribution in [0, 0.1) is 0 Å². The van der Waals surface area contributed by atoms with Crippen LogP contribution < -0.4 is 0 Å². The Hall–Kier alpha value is -1.32. The first-order valence-electron chi connectivity index (χ1n) is 6.65. The Kier molecular flexibility index (Phi) is 3.21. The van der Waals surface area contributed by atoms with Crippen molar-refractivity contribution in [1.29, 1.82) is 0 Å². The maximum atomic E-state index is 12.1. The van der Waals surface area contributed by atoms with Gasteiger partial charge in [0.25, 0.3) is 0 Å². The van der Waals surface area contributed by atoms with E-state index in [0.29, 0.717) is 6.54 Å². The predicted molar refractivity (Wildman–Crippen MR) is 71.5 cm³/mol. The summed E-state index contributed by atoms with van der Waals surface area (Å²) in [4.78, 5) is 14.1. The lowest BCUT2D eigenvalue weighted by atomic mass is 9.92. The highest BCUT2D eigenvalue weighted by molar-refractivity contribution is 5.76. The highest BCUT2D eigenvalue weighted by Crippen LogP contribution is 2.23. The van der Waals surface area contributed by atoms with Crippen LogP contribution in [0.3, 0.4) is 0 Å². The third-order valence-corrected chi connectivity index (χ3v) is 3.47. The van der Waals surface area contributed by atoms with Gasteiger partial charge in [0.15, 0.2) is 0 Å². The van der Waals surface area contributed by atoms with Crippen LogP contribution in [0.2, 0.25) is 0 Å². The average Bonchev–Trinajstić information content (AvgIpc) is 2.54. The van der Waals surface area contributed by atoms with E-state index in [1.165, 1.54) is 5.69 Å². The number of nitrogens with zero attached hydrogens (tertiary/aromatic N) is 3. The Balaban J connectivity index is 2.27. The summed E-state index contributed by atoms with van der Waals surface area (Å²) in [6.07, 6.45) is 0.896. The molecule has 0 N–H and O–H groups in total. The van der Waals surface area contributed by atoms with Gasteiger partial charge in [-0.05, 0) is 19.9 Å². The van der Waals surface area contributed by atoms with E-state index in [1.54, 1.807) is 0 Å². The van der Waals surface area contributed by atoms with Gasteiger partial charge in [0.2, 0.25) is 5.91 Å². The molecule has 0 bridgehead atoms. The first-order valence-corrected chi connectivity index (χ1v) is 6.65. The van der Waals surface area contributed by atoms with E-state index in [0.717, 1.165) is 18.7 Å². The van der Waals surface area contributed by atoms with Gasteiger partial charge < -0.3 is 4.90 Å². The summed E-state index contributed by atoms with van der Waals surface area (Å²) in [5, 5.41) is 4.60. The van der Waals surface area contributed by atoms with Crippen molar-refractivity contribution in [3.8, 4) is 0 Å². The fourth-order valence-corrected chi connectivity index (χ4v) is 2.28. The minimum atomic E-state index is 0.0416. The second-order valence-corrected chi connectivity index (χ2v) is 6.36. The summed E-state index contributed by atoms with van der Waals surface area (Å²) in [5.74, 6) is 0.173. The molecule has 1 aliphatic heterocycles. The molecule has 18 heavy (non-hydrogen) atoms. The summed E-state index contributed by atoms with van der Waals surface area (Å²) < 4.78 is 1.88. The van der Waals surface area contributed by atoms with Gasteiger partial charge in [-0.15, -0.1) is 0 Å². The van der Waals surface area contributed by atoms with Crippen LogP contribution in [0.4, 0.5) is 0 Å². The van der Waals surface area contributed by atoms with Crippen molar-refractivity contribution in [3.05, 3.63) is 17.5 Å². The van der Waals surface area contributed by atoms with E-state index >= 15 is 0 Å². The van der Waals surface area contributed by atoms with Gasteiger partial charge >= 0.3 is 0 Å². The first kappa shape index (κ1) is 13.1. The van der Waals surface area contributed by atoms with Gasteiger partial charge in [0.05, 0.1) is 5.69 Å². The molecule has 0 saturated carbocycles. The Morgan fingerprint density at radius 1 is 1.33 bits per heavy atom. The van der Waals surface area contributed by atoms with Crippen LogP contribution >= 0.6 is 0 Å². The number of carbonyl (C=O) groups is 1. The van der Waals surface area contributed by atoms with E-state index < -0.39 is 0 Å². The highest BCUT2D eigenvalue weighted by Gasteiger charge is 2.26. The topological polar surface area (TPSA) is 38.1 Å². The molecule has 2 rings (SSSR count). The third-order valence-electron chi connectivity index (χ3n) is 3.47. The number of aromatic nitrogens is 2. The van der Waals surface area contributed by atoms with Crippen LogP contribution in [0.15, 0.2) is 6.07 Å². The van der Waals surface area contributed by atoms with Crippen LogP contribution in [0.25, 0.3) is 0 Å². The fraction of sp³-hybridized carbons (Fsp3) is 0.714. The second kappa shape index (κ2) is 4.41. The number of carbonyl (C=O) groups excluding carboxylic acids is 1. The molecule has 2 heterocycles. The molecule has 1 aromatic rings. The quantitative estimate of drug-likeness (QED) is 0.763. The number of hydrogen-bond donors (Lipinski definition) is 0. The molecule has 0 aliphatic carbocycles. The minimum Gasteiger partial charge on any atom is -0.338 e. The third kappa shape index (κ3) is 2.42. The smallest absolute Gasteiger partial charge is 0.244 e. The summed E-state index contributed by atoms with van der Waals surface area (Å²) in [7, 11) is 0. The van der Waals surface area contributed by atoms with E-state index in [9.17, 15) is 4.79 Å². The monoisotopic (exact) mass is 249 g/mol. The molecule has 0 fully saturated rings. The second-order valence-electron chi connectivity index (χ2n) is 6.36. The van der Waals surface area contributed by atoms with Crippen molar-refractivity contribution in [2.75, 3.05) is 6.54 Å². The van der Waals surface area contributed by atoms with E-state index in [4.69, 9.17) is 0 Å². The molecule has 0 unspecified atom stereocenters. The van der Waals surface area contributed by atoms with Crippen molar-refractivity contribution in [3.63, 3.8) is 0 Å². The molecule has 0 saturated heterocycles. The molecule has 4 nitrogen and oxygen atoms in total. The summed E-state index contributed by atoms with van der Waals surface area (Å²) in [6.45, 7) is 11.8. The summed E-state index contributed by atoms with van der Waals surface area (Å²) in [5.41, 5.74) is 2.29. The molecule has 1 aromatic heterocycles. The molecule has 1 amide bonds. The van der Waals surface area contributed by atoms with Crippen molar-refractivity contribution in [1.82, 2.24) is 14.7 Å². The molecular weight excluding hydrogens is 226 g/mol. The van der Waals surface area contributed by atoms with Crippen LogP contribution in [0.5, 0.6) is 0 Å². The lowest BCUT2D eigenvalue weighted by Crippen LogP contribution is -2.38. The molecular formula is C14H23N3O. The van der Waals surface area contributed by atoms with E-state index in [-0.39, 0.29) is 17.4 Å². The van der Waals surface area contributed by atoms with E-state index in [1.807, 2.05) is 9.58 Å². The Bertz CT molecular complexity index is 454. The SMILES string of the molecule is CC(C)N1CCc2cc(C(C)(C)C)nn2CC1=O. The minimum absolute atomic E-state index is 0.0416. The molecule has 0 radical (unpaired) electrons. The molecule has 4 heteroatoms. The van der Waals surface area contributed by atoms with Crippen LogP contribution in [0.1, 0.15) is 46.0 Å². The lowest BCUT2D eigenvalue weighted by molar-refractivity contribution is -0.133. The zero-order valence-corrected chi connectivity index (χ0v) is 12.0. The van der Waals surface area contributed by atoms with Crippen molar-refractivity contribution in [2.24, 2.45) is 0 Å². The van der Waals surface area contributed by atoms with Crippen LogP contribution in [-0.2, 0) is 23.2 Å². The standard InChI is InChI=1S/C14H23N3O/c1-10(2)16-7-6-11-8-12(14(3,4)5)15-17(11)9-13(16)18/h8,10H,6-7,9H2,1-5H3. The number of hydrogen-bond acceptors (Lipinski definition) is 2. The van der Waals surface area contributed by atoms with Gasteiger partial charge in [-0.1, -0.05) is 20.8 Å². The largest absolute Gasteiger partial charge is 0.338 e. The number of fused-ring (bicyclic) bond motifs is 1. The number of rotatable bonds is 1.